The molecule has 2 fully saturated rings. The van der Waals surface area contributed by atoms with E-state index in [1.165, 1.54) is 16.7 Å². The minimum atomic E-state index is -4.40. The number of alkyl halides is 3. The Morgan fingerprint density at radius 3 is 2.58 bits per heavy atom. The molecule has 0 unspecified atom stereocenters. The number of rotatable bonds is 3. The van der Waals surface area contributed by atoms with Crippen molar-refractivity contribution in [3.8, 4) is 5.88 Å². The number of amides is 1. The van der Waals surface area contributed by atoms with Gasteiger partial charge >= 0.3 is 6.18 Å². The molecule has 140 valence electrons. The topological polar surface area (TPSA) is 47.4 Å². The molecule has 0 aromatic carbocycles. The minimum Gasteiger partial charge on any atom is -0.474 e. The number of halogens is 3. The third-order valence-corrected chi connectivity index (χ3v) is 5.61. The summed E-state index contributed by atoms with van der Waals surface area (Å²) in [4.78, 5) is 16.8. The van der Waals surface area contributed by atoms with Crippen LogP contribution < -0.4 is 4.74 Å². The molecule has 5 nitrogen and oxygen atoms in total. The van der Waals surface area contributed by atoms with Crippen molar-refractivity contribution in [2.75, 3.05) is 13.1 Å². The molecule has 1 amide bonds. The van der Waals surface area contributed by atoms with Crippen LogP contribution in [-0.2, 0) is 18.0 Å². The zero-order valence-corrected chi connectivity index (χ0v) is 14.4. The molecule has 0 bridgehead atoms. The van der Waals surface area contributed by atoms with Gasteiger partial charge in [-0.25, -0.2) is 0 Å². The van der Waals surface area contributed by atoms with Crippen LogP contribution in [0.1, 0.15) is 31.2 Å². The molecule has 2 aliphatic rings. The van der Waals surface area contributed by atoms with Crippen LogP contribution in [0.25, 0.3) is 11.0 Å². The number of pyridine rings is 1. The highest BCUT2D eigenvalue weighted by molar-refractivity contribution is 5.81. The van der Waals surface area contributed by atoms with Gasteiger partial charge in [-0.1, -0.05) is 0 Å². The molecule has 1 saturated carbocycles. The zero-order chi connectivity index (χ0) is 18.5. The number of fused-ring (bicyclic) bond motifs is 1. The minimum absolute atomic E-state index is 0.0122. The number of carbonyl (C=O) groups is 1. The molecule has 3 heterocycles. The normalized spacial score (nSPS) is 20.4. The van der Waals surface area contributed by atoms with Gasteiger partial charge < -0.3 is 14.2 Å². The summed E-state index contributed by atoms with van der Waals surface area (Å²) < 4.78 is 46.5. The molecular weight excluding hydrogens is 347 g/mol. The van der Waals surface area contributed by atoms with Crippen LogP contribution in [0.2, 0.25) is 0 Å². The molecule has 26 heavy (non-hydrogen) atoms. The van der Waals surface area contributed by atoms with Crippen molar-refractivity contribution in [1.29, 1.82) is 0 Å². The highest BCUT2D eigenvalue weighted by atomic mass is 19.4. The first kappa shape index (κ1) is 17.2. The number of hydrogen-bond donors (Lipinski definition) is 0. The van der Waals surface area contributed by atoms with Gasteiger partial charge in [0.15, 0.2) is 0 Å². The first-order valence-corrected chi connectivity index (χ1v) is 8.69. The average molecular weight is 367 g/mol. The van der Waals surface area contributed by atoms with E-state index in [1.807, 2.05) is 0 Å². The van der Waals surface area contributed by atoms with Crippen molar-refractivity contribution in [3.05, 3.63) is 23.9 Å². The van der Waals surface area contributed by atoms with Crippen molar-refractivity contribution in [1.82, 2.24) is 14.5 Å². The molecular formula is C18H20F3N3O2. The lowest BCUT2D eigenvalue weighted by atomic mass is 9.68. The van der Waals surface area contributed by atoms with Crippen LogP contribution in [0.3, 0.4) is 0 Å². The van der Waals surface area contributed by atoms with E-state index >= 15 is 0 Å². The Labute approximate surface area is 148 Å². The SMILES string of the molecule is Cn1cc(C(F)(F)F)c2ccc(OC3CCC4(CC3)CN(C=O)C4)nc21. The summed E-state index contributed by atoms with van der Waals surface area (Å²) in [6.07, 6.45) is 1.28. The smallest absolute Gasteiger partial charge is 0.418 e. The fraction of sp³-hybridized carbons (Fsp3) is 0.556. The standard InChI is InChI=1S/C18H20F3N3O2/c1-23-8-14(18(19,20)21)13-2-3-15(22-16(13)23)26-12-4-6-17(7-5-12)9-24(10-17)11-25/h2-3,8,11-12H,4-7,9-10H2,1H3. The van der Waals surface area contributed by atoms with Crippen molar-refractivity contribution < 1.29 is 22.7 Å². The highest BCUT2D eigenvalue weighted by Crippen LogP contribution is 2.44. The van der Waals surface area contributed by atoms with Gasteiger partial charge in [-0.15, -0.1) is 0 Å². The average Bonchev–Trinajstić information content (AvgIpc) is 2.90. The van der Waals surface area contributed by atoms with E-state index in [1.54, 1.807) is 11.9 Å². The quantitative estimate of drug-likeness (QED) is 0.782. The summed E-state index contributed by atoms with van der Waals surface area (Å²) in [5, 5.41) is 0.0818. The van der Waals surface area contributed by atoms with Gasteiger partial charge in [-0.3, -0.25) is 4.79 Å². The van der Waals surface area contributed by atoms with Gasteiger partial charge in [-0.05, 0) is 31.7 Å². The number of aromatic nitrogens is 2. The summed E-state index contributed by atoms with van der Waals surface area (Å²) in [6.45, 7) is 1.63. The van der Waals surface area contributed by atoms with Crippen LogP contribution in [0.5, 0.6) is 5.88 Å². The maximum atomic E-state index is 13.1. The first-order chi connectivity index (χ1) is 12.3. The van der Waals surface area contributed by atoms with Crippen LogP contribution in [0.15, 0.2) is 18.3 Å². The summed E-state index contributed by atoms with van der Waals surface area (Å²) in [6, 6.07) is 2.94. The van der Waals surface area contributed by atoms with E-state index in [2.05, 4.69) is 4.98 Å². The van der Waals surface area contributed by atoms with E-state index in [4.69, 9.17) is 4.74 Å². The molecule has 0 radical (unpaired) electrons. The van der Waals surface area contributed by atoms with Gasteiger partial charge in [0.1, 0.15) is 11.8 Å². The van der Waals surface area contributed by atoms with E-state index in [-0.39, 0.29) is 22.6 Å². The Kier molecular flexibility index (Phi) is 3.89. The Balaban J connectivity index is 1.45. The maximum Gasteiger partial charge on any atom is 0.418 e. The fourth-order valence-corrected chi connectivity index (χ4v) is 4.22. The van der Waals surface area contributed by atoms with E-state index in [9.17, 15) is 18.0 Å². The van der Waals surface area contributed by atoms with E-state index in [0.29, 0.717) is 5.88 Å². The Morgan fingerprint density at radius 2 is 1.96 bits per heavy atom. The molecule has 1 aliphatic carbocycles. The fourth-order valence-electron chi connectivity index (χ4n) is 4.22. The third kappa shape index (κ3) is 2.91. The first-order valence-electron chi connectivity index (χ1n) is 8.69. The van der Waals surface area contributed by atoms with Crippen LogP contribution in [0, 0.1) is 5.41 Å². The molecule has 0 N–H and O–H groups in total. The number of hydrogen-bond acceptors (Lipinski definition) is 3. The molecule has 1 spiro atoms. The Hall–Kier alpha value is -2.25. The lowest BCUT2D eigenvalue weighted by Gasteiger charge is -2.51. The summed E-state index contributed by atoms with van der Waals surface area (Å²) >= 11 is 0. The van der Waals surface area contributed by atoms with Crippen LogP contribution in [0.4, 0.5) is 13.2 Å². The molecule has 0 atom stereocenters. The maximum absolute atomic E-state index is 13.1. The Bertz CT molecular complexity index is 830. The van der Waals surface area contributed by atoms with E-state index in [0.717, 1.165) is 51.4 Å². The second kappa shape index (κ2) is 5.89. The number of nitrogens with zero attached hydrogens (tertiary/aromatic N) is 3. The second-order valence-electron chi connectivity index (χ2n) is 7.50. The summed E-state index contributed by atoms with van der Waals surface area (Å²) in [5.74, 6) is 0.358. The molecule has 1 aliphatic heterocycles. The molecule has 4 rings (SSSR count). The summed E-state index contributed by atoms with van der Waals surface area (Å²) in [5.41, 5.74) is -0.182. The predicted octanol–water partition coefficient (Wildman–Crippen LogP) is 3.37. The number of likely N-dealkylation sites (tertiary alicyclic amines) is 1. The summed E-state index contributed by atoms with van der Waals surface area (Å²) in [7, 11) is 1.55. The van der Waals surface area contributed by atoms with E-state index < -0.39 is 11.7 Å². The van der Waals surface area contributed by atoms with Gasteiger partial charge in [0, 0.05) is 43.2 Å². The van der Waals surface area contributed by atoms with Gasteiger partial charge in [0.2, 0.25) is 12.3 Å². The molecule has 8 heteroatoms. The van der Waals surface area contributed by atoms with Gasteiger partial charge in [-0.2, -0.15) is 18.2 Å². The van der Waals surface area contributed by atoms with Gasteiger partial charge in [0.25, 0.3) is 0 Å². The largest absolute Gasteiger partial charge is 0.474 e. The van der Waals surface area contributed by atoms with Crippen molar-refractivity contribution in [2.45, 2.75) is 38.0 Å². The molecule has 1 saturated heterocycles. The van der Waals surface area contributed by atoms with Crippen molar-refractivity contribution in [3.63, 3.8) is 0 Å². The molecule has 2 aromatic heterocycles. The molecule has 2 aromatic rings. The van der Waals surface area contributed by atoms with Crippen LogP contribution >= 0.6 is 0 Å². The predicted molar refractivity (Wildman–Crippen MR) is 88.7 cm³/mol. The number of carbonyl (C=O) groups excluding carboxylic acids is 1. The van der Waals surface area contributed by atoms with Gasteiger partial charge in [0.05, 0.1) is 5.56 Å². The lowest BCUT2D eigenvalue weighted by Crippen LogP contribution is -2.57. The van der Waals surface area contributed by atoms with Crippen LogP contribution in [-0.4, -0.2) is 40.1 Å². The third-order valence-electron chi connectivity index (χ3n) is 5.61. The zero-order valence-electron chi connectivity index (χ0n) is 14.4. The van der Waals surface area contributed by atoms with Crippen molar-refractivity contribution >= 4 is 17.4 Å². The number of ether oxygens (including phenoxy) is 1. The highest BCUT2D eigenvalue weighted by Gasteiger charge is 2.45. The lowest BCUT2D eigenvalue weighted by molar-refractivity contribution is -0.136. The number of aryl methyl sites for hydroxylation is 1. The Morgan fingerprint density at radius 1 is 1.27 bits per heavy atom. The monoisotopic (exact) mass is 367 g/mol. The second-order valence-corrected chi connectivity index (χ2v) is 7.50. The van der Waals surface area contributed by atoms with Crippen molar-refractivity contribution in [2.24, 2.45) is 12.5 Å².